The molecule has 1 aromatic heterocycles. The summed E-state index contributed by atoms with van der Waals surface area (Å²) in [6.07, 6.45) is 1.60. The topological polar surface area (TPSA) is 93.1 Å². The van der Waals surface area contributed by atoms with E-state index in [1.54, 1.807) is 24.3 Å². The molecular formula is C21H21FN4O3. The Labute approximate surface area is 166 Å². The van der Waals surface area contributed by atoms with Crippen molar-refractivity contribution in [2.45, 2.75) is 33.2 Å². The first-order valence-electron chi connectivity index (χ1n) is 9.29. The lowest BCUT2D eigenvalue weighted by Crippen LogP contribution is -2.28. The summed E-state index contributed by atoms with van der Waals surface area (Å²) in [6, 6.07) is 10.5. The van der Waals surface area contributed by atoms with Crippen LogP contribution in [0.25, 0.3) is 10.8 Å². The maximum atomic E-state index is 14.2. The van der Waals surface area contributed by atoms with E-state index in [-0.39, 0.29) is 22.8 Å². The molecule has 0 aliphatic heterocycles. The molecule has 2 N–H and O–H groups in total. The molecular weight excluding hydrogens is 375 g/mol. The number of carbonyl (C=O) groups excluding carboxylic acids is 2. The summed E-state index contributed by atoms with van der Waals surface area (Å²) in [4.78, 5) is 36.8. The predicted molar refractivity (Wildman–Crippen MR) is 110 cm³/mol. The van der Waals surface area contributed by atoms with E-state index in [1.807, 2.05) is 6.92 Å². The smallest absolute Gasteiger partial charge is 0.276 e. The maximum absolute atomic E-state index is 14.2. The average Bonchev–Trinajstić information content (AvgIpc) is 2.69. The normalized spacial score (nSPS) is 10.7. The summed E-state index contributed by atoms with van der Waals surface area (Å²) < 4.78 is 15.5. The molecule has 0 unspecified atom stereocenters. The number of carbonyl (C=O) groups is 2. The fourth-order valence-corrected chi connectivity index (χ4v) is 2.95. The van der Waals surface area contributed by atoms with Gasteiger partial charge in [0, 0.05) is 24.5 Å². The molecule has 8 heteroatoms. The van der Waals surface area contributed by atoms with Gasteiger partial charge in [-0.05, 0) is 30.7 Å². The number of aromatic nitrogens is 2. The molecule has 3 aromatic rings. The molecule has 3 rings (SSSR count). The monoisotopic (exact) mass is 396 g/mol. The van der Waals surface area contributed by atoms with Gasteiger partial charge < -0.3 is 10.6 Å². The molecule has 29 heavy (non-hydrogen) atoms. The van der Waals surface area contributed by atoms with Gasteiger partial charge in [0.2, 0.25) is 5.91 Å². The van der Waals surface area contributed by atoms with Gasteiger partial charge >= 0.3 is 0 Å². The zero-order valence-corrected chi connectivity index (χ0v) is 16.2. The molecule has 0 saturated carbocycles. The Balaban J connectivity index is 2.02. The van der Waals surface area contributed by atoms with Crippen LogP contribution in [-0.4, -0.2) is 21.6 Å². The van der Waals surface area contributed by atoms with Gasteiger partial charge in [0.15, 0.2) is 5.69 Å². The van der Waals surface area contributed by atoms with Crippen molar-refractivity contribution in [3.05, 3.63) is 64.3 Å². The van der Waals surface area contributed by atoms with Crippen molar-refractivity contribution >= 4 is 34.0 Å². The lowest BCUT2D eigenvalue weighted by molar-refractivity contribution is -0.114. The van der Waals surface area contributed by atoms with Gasteiger partial charge in [-0.15, -0.1) is 0 Å². The fourth-order valence-electron chi connectivity index (χ4n) is 2.95. The quantitative estimate of drug-likeness (QED) is 0.666. The van der Waals surface area contributed by atoms with Gasteiger partial charge in [-0.2, -0.15) is 5.10 Å². The van der Waals surface area contributed by atoms with Crippen molar-refractivity contribution in [3.8, 4) is 0 Å². The molecule has 2 aromatic carbocycles. The minimum Gasteiger partial charge on any atom is -0.326 e. The second-order valence-electron chi connectivity index (χ2n) is 6.61. The summed E-state index contributed by atoms with van der Waals surface area (Å²) in [7, 11) is 0. The summed E-state index contributed by atoms with van der Waals surface area (Å²) in [5.74, 6) is -1.62. The third kappa shape index (κ3) is 4.48. The number of anilines is 2. The molecule has 1 heterocycles. The van der Waals surface area contributed by atoms with Crippen molar-refractivity contribution < 1.29 is 14.0 Å². The van der Waals surface area contributed by atoms with E-state index in [9.17, 15) is 18.8 Å². The number of nitrogens with one attached hydrogen (secondary N) is 2. The van der Waals surface area contributed by atoms with Gasteiger partial charge in [-0.3, -0.25) is 14.4 Å². The number of aryl methyl sites for hydroxylation is 1. The first-order chi connectivity index (χ1) is 13.9. The van der Waals surface area contributed by atoms with E-state index in [1.165, 1.54) is 23.7 Å². The van der Waals surface area contributed by atoms with E-state index in [4.69, 9.17) is 0 Å². The number of hydrogen-bond acceptors (Lipinski definition) is 4. The summed E-state index contributed by atoms with van der Waals surface area (Å²) >= 11 is 0. The van der Waals surface area contributed by atoms with Crippen molar-refractivity contribution in [1.82, 2.24) is 9.78 Å². The summed E-state index contributed by atoms with van der Waals surface area (Å²) in [5.41, 5.74) is 0.00319. The molecule has 0 bridgehead atoms. The fraction of sp³-hybridized carbons (Fsp3) is 0.238. The van der Waals surface area contributed by atoms with Crippen LogP contribution in [0.5, 0.6) is 0 Å². The third-order valence-corrected chi connectivity index (χ3v) is 4.34. The van der Waals surface area contributed by atoms with Crippen molar-refractivity contribution in [2.24, 2.45) is 0 Å². The zero-order valence-electron chi connectivity index (χ0n) is 16.2. The Kier molecular flexibility index (Phi) is 6.01. The predicted octanol–water partition coefficient (Wildman–Crippen LogP) is 3.55. The van der Waals surface area contributed by atoms with E-state index in [2.05, 4.69) is 15.7 Å². The van der Waals surface area contributed by atoms with E-state index in [0.29, 0.717) is 23.0 Å². The van der Waals surface area contributed by atoms with Gasteiger partial charge in [0.1, 0.15) is 5.82 Å². The Morgan fingerprint density at radius 1 is 1.10 bits per heavy atom. The first-order valence-corrected chi connectivity index (χ1v) is 9.29. The average molecular weight is 396 g/mol. The Bertz CT molecular complexity index is 1140. The highest BCUT2D eigenvalue weighted by Crippen LogP contribution is 2.21. The SMILES string of the molecule is CCCCn1nc(C(=O)Nc2cc(NC(C)=O)ccc2F)c2ccccc2c1=O. The van der Waals surface area contributed by atoms with Crippen LogP contribution < -0.4 is 16.2 Å². The van der Waals surface area contributed by atoms with Gasteiger partial charge in [-0.25, -0.2) is 9.07 Å². The molecule has 0 radical (unpaired) electrons. The Morgan fingerprint density at radius 3 is 2.52 bits per heavy atom. The maximum Gasteiger partial charge on any atom is 0.276 e. The lowest BCUT2D eigenvalue weighted by atomic mass is 10.1. The number of rotatable bonds is 6. The minimum absolute atomic E-state index is 0.0284. The molecule has 0 fully saturated rings. The van der Waals surface area contributed by atoms with Crippen molar-refractivity contribution in [3.63, 3.8) is 0 Å². The summed E-state index contributed by atoms with van der Waals surface area (Å²) in [5, 5.41) is 10.0. The molecule has 0 saturated heterocycles. The van der Waals surface area contributed by atoms with Crippen LogP contribution >= 0.6 is 0 Å². The highest BCUT2D eigenvalue weighted by molar-refractivity contribution is 6.11. The third-order valence-electron chi connectivity index (χ3n) is 4.34. The van der Waals surface area contributed by atoms with Crippen LogP contribution in [0.3, 0.4) is 0 Å². The van der Waals surface area contributed by atoms with Gasteiger partial charge in [-0.1, -0.05) is 31.5 Å². The second kappa shape index (κ2) is 8.64. The van der Waals surface area contributed by atoms with Crippen molar-refractivity contribution in [1.29, 1.82) is 0 Å². The number of halogens is 1. The molecule has 0 atom stereocenters. The highest BCUT2D eigenvalue weighted by atomic mass is 19.1. The number of nitrogens with zero attached hydrogens (tertiary/aromatic N) is 2. The van der Waals surface area contributed by atoms with Crippen LogP contribution in [0.1, 0.15) is 37.2 Å². The van der Waals surface area contributed by atoms with Gasteiger partial charge in [0.25, 0.3) is 11.5 Å². The number of hydrogen-bond donors (Lipinski definition) is 2. The molecule has 150 valence electrons. The molecule has 0 aliphatic rings. The molecule has 0 aliphatic carbocycles. The second-order valence-corrected chi connectivity index (χ2v) is 6.61. The molecule has 0 spiro atoms. The Morgan fingerprint density at radius 2 is 1.83 bits per heavy atom. The van der Waals surface area contributed by atoms with Crippen LogP contribution in [0.15, 0.2) is 47.3 Å². The van der Waals surface area contributed by atoms with Crippen LogP contribution in [-0.2, 0) is 11.3 Å². The van der Waals surface area contributed by atoms with Gasteiger partial charge in [0.05, 0.1) is 11.1 Å². The molecule has 2 amide bonds. The Hall–Kier alpha value is -3.55. The highest BCUT2D eigenvalue weighted by Gasteiger charge is 2.18. The van der Waals surface area contributed by atoms with E-state index in [0.717, 1.165) is 18.9 Å². The van der Waals surface area contributed by atoms with Crippen LogP contribution in [0.2, 0.25) is 0 Å². The number of fused-ring (bicyclic) bond motifs is 1. The number of unbranched alkanes of at least 4 members (excludes halogenated alkanes) is 1. The largest absolute Gasteiger partial charge is 0.326 e. The van der Waals surface area contributed by atoms with E-state index >= 15 is 0 Å². The minimum atomic E-state index is -0.656. The molecule has 7 nitrogen and oxygen atoms in total. The standard InChI is InChI=1S/C21H21FN4O3/c1-3-4-11-26-21(29)16-8-6-5-7-15(16)19(25-26)20(28)24-18-12-14(23-13(2)27)9-10-17(18)22/h5-10,12H,3-4,11H2,1-2H3,(H,23,27)(H,24,28). The first kappa shape index (κ1) is 20.2. The zero-order chi connectivity index (χ0) is 21.0. The van der Waals surface area contributed by atoms with Crippen molar-refractivity contribution in [2.75, 3.05) is 10.6 Å². The van der Waals surface area contributed by atoms with Crippen LogP contribution in [0.4, 0.5) is 15.8 Å². The lowest BCUT2D eigenvalue weighted by Gasteiger charge is -2.12. The number of benzene rings is 2. The van der Waals surface area contributed by atoms with E-state index < -0.39 is 11.7 Å². The summed E-state index contributed by atoms with van der Waals surface area (Å²) in [6.45, 7) is 3.70. The number of amides is 2. The van der Waals surface area contributed by atoms with Crippen LogP contribution in [0, 0.1) is 5.82 Å².